The number of hydrogen-bond acceptors (Lipinski definition) is 6. The van der Waals surface area contributed by atoms with E-state index in [0.717, 1.165) is 30.9 Å². The Balaban J connectivity index is 1.32. The third-order valence-electron chi connectivity index (χ3n) is 6.36. The molecule has 1 saturated heterocycles. The standard InChI is InChI=1S/C22H21F3N8/c23-22(24,25)15-1-4-20-27-11-18(33(20)12-15)17-5-6-26-21(30-17)31-7-8-32(16-2-3-16)19(13-31)14-9-28-29-10-14/h1,4-6,9-12,16,19H,2-3,7-8,13H2,(H,28,29)/t19-/m0/s1. The van der Waals surface area contributed by atoms with Gasteiger partial charge in [-0.15, -0.1) is 0 Å². The number of aromatic nitrogens is 6. The van der Waals surface area contributed by atoms with Crippen LogP contribution in [0.4, 0.5) is 19.1 Å². The van der Waals surface area contributed by atoms with Crippen LogP contribution in [-0.2, 0) is 6.18 Å². The number of rotatable bonds is 4. The van der Waals surface area contributed by atoms with Gasteiger partial charge in [-0.1, -0.05) is 0 Å². The molecule has 1 atom stereocenters. The van der Waals surface area contributed by atoms with Crippen LogP contribution in [0.3, 0.4) is 0 Å². The van der Waals surface area contributed by atoms with E-state index in [4.69, 9.17) is 4.98 Å². The van der Waals surface area contributed by atoms with E-state index in [0.29, 0.717) is 35.6 Å². The Bertz CT molecular complexity index is 1280. The van der Waals surface area contributed by atoms with E-state index in [2.05, 4.69) is 30.0 Å². The first kappa shape index (κ1) is 20.2. The van der Waals surface area contributed by atoms with Gasteiger partial charge in [0.05, 0.1) is 35.4 Å². The Kier molecular flexibility index (Phi) is 4.61. The van der Waals surface area contributed by atoms with E-state index in [1.165, 1.54) is 23.3 Å². The second-order valence-corrected chi connectivity index (χ2v) is 8.49. The summed E-state index contributed by atoms with van der Waals surface area (Å²) in [6.45, 7) is 2.38. The summed E-state index contributed by atoms with van der Waals surface area (Å²) in [4.78, 5) is 18.1. The zero-order valence-electron chi connectivity index (χ0n) is 17.6. The van der Waals surface area contributed by atoms with Crippen LogP contribution in [0.15, 0.2) is 49.2 Å². The van der Waals surface area contributed by atoms with Crippen LogP contribution in [-0.4, -0.2) is 60.1 Å². The minimum Gasteiger partial charge on any atom is -0.338 e. The Morgan fingerprint density at radius 2 is 1.91 bits per heavy atom. The second kappa shape index (κ2) is 7.55. The van der Waals surface area contributed by atoms with Crippen LogP contribution in [0.1, 0.15) is 30.0 Å². The molecule has 4 aromatic rings. The number of halogens is 3. The van der Waals surface area contributed by atoms with E-state index in [9.17, 15) is 13.2 Å². The van der Waals surface area contributed by atoms with Crippen LogP contribution in [0.5, 0.6) is 0 Å². The van der Waals surface area contributed by atoms with E-state index >= 15 is 0 Å². The van der Waals surface area contributed by atoms with E-state index in [1.54, 1.807) is 18.5 Å². The van der Waals surface area contributed by atoms with Gasteiger partial charge in [0.2, 0.25) is 5.95 Å². The maximum absolute atomic E-state index is 13.2. The number of pyridine rings is 1. The minimum absolute atomic E-state index is 0.183. The van der Waals surface area contributed by atoms with Crippen molar-refractivity contribution in [3.05, 3.63) is 60.3 Å². The summed E-state index contributed by atoms with van der Waals surface area (Å²) >= 11 is 0. The Morgan fingerprint density at radius 1 is 1.03 bits per heavy atom. The number of piperazine rings is 1. The largest absolute Gasteiger partial charge is 0.417 e. The highest BCUT2D eigenvalue weighted by Gasteiger charge is 2.39. The fraction of sp³-hybridized carbons (Fsp3) is 0.364. The molecule has 1 saturated carbocycles. The molecule has 2 aliphatic rings. The quantitative estimate of drug-likeness (QED) is 0.508. The van der Waals surface area contributed by atoms with Crippen LogP contribution in [0.25, 0.3) is 17.0 Å². The average Bonchev–Trinajstić information content (AvgIpc) is 3.34. The van der Waals surface area contributed by atoms with Gasteiger partial charge in [0.25, 0.3) is 0 Å². The molecule has 0 radical (unpaired) electrons. The molecule has 8 nitrogen and oxygen atoms in total. The zero-order valence-corrected chi connectivity index (χ0v) is 17.6. The van der Waals surface area contributed by atoms with Gasteiger partial charge in [0.1, 0.15) is 5.65 Å². The van der Waals surface area contributed by atoms with Crippen molar-refractivity contribution in [3.8, 4) is 11.4 Å². The summed E-state index contributed by atoms with van der Waals surface area (Å²) in [6.07, 6.45) is 6.03. The summed E-state index contributed by atoms with van der Waals surface area (Å²) in [6, 6.07) is 4.89. The van der Waals surface area contributed by atoms with Crippen LogP contribution < -0.4 is 4.90 Å². The molecule has 6 rings (SSSR count). The SMILES string of the molecule is FC(F)(F)c1ccc2ncc(-c3ccnc(N4CCN(C5CC5)[C@H](c5cn[nH]c5)C4)n3)n2c1. The first-order valence-electron chi connectivity index (χ1n) is 10.8. The molecule has 0 unspecified atom stereocenters. The van der Waals surface area contributed by atoms with E-state index < -0.39 is 11.7 Å². The van der Waals surface area contributed by atoms with Gasteiger partial charge in [-0.25, -0.2) is 15.0 Å². The van der Waals surface area contributed by atoms with Crippen molar-refractivity contribution in [2.24, 2.45) is 0 Å². The minimum atomic E-state index is -4.43. The Labute approximate surface area is 187 Å². The van der Waals surface area contributed by atoms with Crippen molar-refractivity contribution >= 4 is 11.6 Å². The predicted molar refractivity (Wildman–Crippen MR) is 114 cm³/mol. The topological polar surface area (TPSA) is 78.2 Å². The summed E-state index contributed by atoms with van der Waals surface area (Å²) in [5.74, 6) is 0.554. The summed E-state index contributed by atoms with van der Waals surface area (Å²) in [7, 11) is 0. The first-order valence-corrected chi connectivity index (χ1v) is 10.8. The van der Waals surface area contributed by atoms with Gasteiger partial charge >= 0.3 is 6.18 Å². The molecular formula is C22H21F3N8. The third-order valence-corrected chi connectivity index (χ3v) is 6.36. The second-order valence-electron chi connectivity index (χ2n) is 8.49. The summed E-state index contributed by atoms with van der Waals surface area (Å²) in [5.41, 5.74) is 1.84. The number of fused-ring (bicyclic) bond motifs is 1. The van der Waals surface area contributed by atoms with Crippen molar-refractivity contribution < 1.29 is 13.2 Å². The van der Waals surface area contributed by atoms with Crippen LogP contribution >= 0.6 is 0 Å². The summed E-state index contributed by atoms with van der Waals surface area (Å²) < 4.78 is 41.1. The van der Waals surface area contributed by atoms with Gasteiger partial charge in [-0.05, 0) is 31.0 Å². The highest BCUT2D eigenvalue weighted by Crippen LogP contribution is 2.37. The molecule has 1 aliphatic heterocycles. The number of anilines is 1. The lowest BCUT2D eigenvalue weighted by molar-refractivity contribution is -0.137. The lowest BCUT2D eigenvalue weighted by Crippen LogP contribution is -2.49. The number of alkyl halides is 3. The van der Waals surface area contributed by atoms with Gasteiger partial charge in [-0.2, -0.15) is 18.3 Å². The molecule has 170 valence electrons. The molecular weight excluding hydrogens is 433 g/mol. The molecule has 1 aliphatic carbocycles. The maximum Gasteiger partial charge on any atom is 0.417 e. The predicted octanol–water partition coefficient (Wildman–Crippen LogP) is 3.56. The highest BCUT2D eigenvalue weighted by atomic mass is 19.4. The van der Waals surface area contributed by atoms with Crippen molar-refractivity contribution in [1.82, 2.24) is 34.4 Å². The molecule has 0 spiro atoms. The fourth-order valence-corrected chi connectivity index (χ4v) is 4.54. The molecule has 4 aromatic heterocycles. The lowest BCUT2D eigenvalue weighted by Gasteiger charge is -2.41. The van der Waals surface area contributed by atoms with Crippen LogP contribution in [0, 0.1) is 0 Å². The summed E-state index contributed by atoms with van der Waals surface area (Å²) in [5, 5.41) is 7.02. The van der Waals surface area contributed by atoms with Gasteiger partial charge < -0.3 is 4.90 Å². The lowest BCUT2D eigenvalue weighted by atomic mass is 10.1. The van der Waals surface area contributed by atoms with Crippen molar-refractivity contribution in [2.45, 2.75) is 31.1 Å². The maximum atomic E-state index is 13.2. The molecule has 0 aromatic carbocycles. The Hall–Kier alpha value is -3.47. The van der Waals surface area contributed by atoms with Crippen molar-refractivity contribution in [1.29, 1.82) is 0 Å². The first-order chi connectivity index (χ1) is 16.0. The number of nitrogens with zero attached hydrogens (tertiary/aromatic N) is 7. The van der Waals surface area contributed by atoms with Crippen molar-refractivity contribution in [2.75, 3.05) is 24.5 Å². The van der Waals surface area contributed by atoms with E-state index in [1.807, 2.05) is 12.4 Å². The van der Waals surface area contributed by atoms with Gasteiger partial charge in [0.15, 0.2) is 0 Å². The third kappa shape index (κ3) is 3.71. The molecule has 1 N–H and O–H groups in total. The monoisotopic (exact) mass is 454 g/mol. The normalized spacial score (nSPS) is 20.0. The highest BCUT2D eigenvalue weighted by molar-refractivity contribution is 5.61. The molecule has 2 fully saturated rings. The zero-order chi connectivity index (χ0) is 22.6. The fourth-order valence-electron chi connectivity index (χ4n) is 4.54. The smallest absolute Gasteiger partial charge is 0.338 e. The molecule has 0 bridgehead atoms. The van der Waals surface area contributed by atoms with Crippen LogP contribution in [0.2, 0.25) is 0 Å². The molecule has 5 heterocycles. The number of H-pyrrole nitrogens is 1. The average molecular weight is 454 g/mol. The molecule has 11 heteroatoms. The molecule has 0 amide bonds. The van der Waals surface area contributed by atoms with Gasteiger partial charge in [0, 0.05) is 49.8 Å². The number of aromatic amines is 1. The Morgan fingerprint density at radius 3 is 2.67 bits per heavy atom. The number of imidazole rings is 1. The van der Waals surface area contributed by atoms with E-state index in [-0.39, 0.29) is 6.04 Å². The number of nitrogens with one attached hydrogen (secondary N) is 1. The van der Waals surface area contributed by atoms with Gasteiger partial charge in [-0.3, -0.25) is 14.4 Å². The molecule has 33 heavy (non-hydrogen) atoms. The van der Waals surface area contributed by atoms with Crippen molar-refractivity contribution in [3.63, 3.8) is 0 Å². The number of hydrogen-bond donors (Lipinski definition) is 1.